The number of imide groups is 1. The number of hydrogen-bond donors (Lipinski definition) is 4. The summed E-state index contributed by atoms with van der Waals surface area (Å²) in [6, 6.07) is 3.06. The zero-order chi connectivity index (χ0) is 19.5. The van der Waals surface area contributed by atoms with Gasteiger partial charge in [0.05, 0.1) is 12.1 Å². The molecule has 1 aromatic rings. The lowest BCUT2D eigenvalue weighted by atomic mass is 9.72. The van der Waals surface area contributed by atoms with Crippen molar-refractivity contribution in [2.75, 3.05) is 20.4 Å². The number of likely N-dealkylation sites (N-methyl/N-ethyl adjacent to an activating group) is 1. The molecular formula is C17H20N2O8. The molecule has 1 saturated carbocycles. The lowest BCUT2D eigenvalue weighted by molar-refractivity contribution is -0.167. The van der Waals surface area contributed by atoms with Crippen molar-refractivity contribution in [3.8, 4) is 11.5 Å². The molecule has 27 heavy (non-hydrogen) atoms. The Bertz CT molecular complexity index is 786. The van der Waals surface area contributed by atoms with Gasteiger partial charge < -0.3 is 34.8 Å². The summed E-state index contributed by atoms with van der Waals surface area (Å²) in [6.45, 7) is -0.253. The third-order valence-corrected chi connectivity index (χ3v) is 5.49. The van der Waals surface area contributed by atoms with Crippen molar-refractivity contribution in [3.05, 3.63) is 23.8 Å². The molecule has 0 unspecified atom stereocenters. The lowest BCUT2D eigenvalue weighted by Crippen LogP contribution is -2.65. The Morgan fingerprint density at radius 2 is 1.63 bits per heavy atom. The Morgan fingerprint density at radius 3 is 2.30 bits per heavy atom. The van der Waals surface area contributed by atoms with Crippen LogP contribution in [0.1, 0.15) is 11.5 Å². The molecule has 0 aromatic heterocycles. The number of carbonyl (C=O) groups is 2. The van der Waals surface area contributed by atoms with E-state index in [0.29, 0.717) is 17.1 Å². The van der Waals surface area contributed by atoms with E-state index in [4.69, 9.17) is 9.47 Å². The number of rotatable bonds is 2. The second-order valence-corrected chi connectivity index (χ2v) is 6.95. The average molecular weight is 380 g/mol. The summed E-state index contributed by atoms with van der Waals surface area (Å²) in [4.78, 5) is 26.4. The van der Waals surface area contributed by atoms with E-state index in [9.17, 15) is 30.0 Å². The molecule has 0 spiro atoms. The molecule has 2 aliphatic heterocycles. The molecule has 0 radical (unpaired) electrons. The van der Waals surface area contributed by atoms with Crippen LogP contribution < -0.4 is 9.47 Å². The van der Waals surface area contributed by atoms with E-state index >= 15 is 0 Å². The van der Waals surface area contributed by atoms with E-state index in [1.54, 1.807) is 18.2 Å². The van der Waals surface area contributed by atoms with Crippen LogP contribution in [0.2, 0.25) is 0 Å². The van der Waals surface area contributed by atoms with E-state index in [0.717, 1.165) is 9.80 Å². The summed E-state index contributed by atoms with van der Waals surface area (Å²) < 4.78 is 10.6. The zero-order valence-electron chi connectivity index (χ0n) is 14.4. The minimum absolute atomic E-state index is 0.0449. The molecule has 1 saturated heterocycles. The number of urea groups is 1. The Kier molecular flexibility index (Phi) is 4.22. The highest BCUT2D eigenvalue weighted by Crippen LogP contribution is 2.42. The maximum atomic E-state index is 12.5. The summed E-state index contributed by atoms with van der Waals surface area (Å²) in [7, 11) is 1.32. The van der Waals surface area contributed by atoms with E-state index in [1.807, 2.05) is 0 Å². The number of fused-ring (bicyclic) bond motifs is 1. The first kappa shape index (κ1) is 18.0. The Balaban J connectivity index is 1.77. The number of amides is 3. The Hall–Kier alpha value is -2.40. The van der Waals surface area contributed by atoms with Gasteiger partial charge in [-0.05, 0) is 17.7 Å². The van der Waals surface area contributed by atoms with Crippen molar-refractivity contribution in [1.82, 2.24) is 9.80 Å². The van der Waals surface area contributed by atoms with Crippen molar-refractivity contribution in [3.63, 3.8) is 0 Å². The van der Waals surface area contributed by atoms with Gasteiger partial charge in [0, 0.05) is 13.0 Å². The van der Waals surface area contributed by atoms with Gasteiger partial charge in [-0.25, -0.2) is 4.79 Å². The van der Waals surface area contributed by atoms with Crippen molar-refractivity contribution in [1.29, 1.82) is 0 Å². The van der Waals surface area contributed by atoms with E-state index < -0.39 is 48.3 Å². The van der Waals surface area contributed by atoms with E-state index in [-0.39, 0.29) is 13.3 Å². The first-order valence-electron chi connectivity index (χ1n) is 8.50. The minimum atomic E-state index is -1.68. The molecule has 10 nitrogen and oxygen atoms in total. The van der Waals surface area contributed by atoms with Crippen LogP contribution in [0.15, 0.2) is 18.2 Å². The van der Waals surface area contributed by atoms with Gasteiger partial charge in [-0.15, -0.1) is 0 Å². The highest BCUT2D eigenvalue weighted by Gasteiger charge is 2.54. The van der Waals surface area contributed by atoms with Gasteiger partial charge in [-0.3, -0.25) is 9.69 Å². The highest BCUT2D eigenvalue weighted by molar-refractivity contribution is 6.01. The summed E-state index contributed by atoms with van der Waals surface area (Å²) in [5.41, 5.74) is 0.469. The molecule has 3 amide bonds. The second kappa shape index (κ2) is 6.34. The number of aliphatic hydroxyl groups excluding tert-OH is 4. The first-order valence-corrected chi connectivity index (χ1v) is 8.50. The van der Waals surface area contributed by atoms with Crippen LogP contribution >= 0.6 is 0 Å². The van der Waals surface area contributed by atoms with Crippen LogP contribution in [-0.2, 0) is 4.79 Å². The maximum absolute atomic E-state index is 12.5. The summed E-state index contributed by atoms with van der Waals surface area (Å²) in [5.74, 6) is -0.494. The van der Waals surface area contributed by atoms with Crippen LogP contribution in [0.3, 0.4) is 0 Å². The van der Waals surface area contributed by atoms with Crippen molar-refractivity contribution in [2.45, 2.75) is 36.4 Å². The number of ether oxygens (including phenoxy) is 2. The third kappa shape index (κ3) is 2.64. The summed E-state index contributed by atoms with van der Waals surface area (Å²) in [5, 5.41) is 41.6. The molecule has 1 aliphatic carbocycles. The Morgan fingerprint density at radius 1 is 0.963 bits per heavy atom. The fourth-order valence-corrected chi connectivity index (χ4v) is 3.98. The molecule has 10 heteroatoms. The van der Waals surface area contributed by atoms with E-state index in [1.165, 1.54) is 7.05 Å². The van der Waals surface area contributed by atoms with Gasteiger partial charge in [-0.2, -0.15) is 0 Å². The molecule has 3 aliphatic rings. The molecule has 1 aromatic carbocycles. The third-order valence-electron chi connectivity index (χ3n) is 5.49. The maximum Gasteiger partial charge on any atom is 0.327 e. The molecule has 6 atom stereocenters. The van der Waals surface area contributed by atoms with Crippen LogP contribution in [0.5, 0.6) is 11.5 Å². The second-order valence-electron chi connectivity index (χ2n) is 6.95. The van der Waals surface area contributed by atoms with Crippen molar-refractivity contribution < 1.29 is 39.5 Å². The smallest absolute Gasteiger partial charge is 0.327 e. The highest BCUT2D eigenvalue weighted by atomic mass is 16.7. The topological polar surface area (TPSA) is 140 Å². The van der Waals surface area contributed by atoms with E-state index in [2.05, 4.69) is 0 Å². The molecule has 4 N–H and O–H groups in total. The molecular weight excluding hydrogens is 360 g/mol. The largest absolute Gasteiger partial charge is 0.454 e. The lowest BCUT2D eigenvalue weighted by Gasteiger charge is -2.47. The monoisotopic (exact) mass is 380 g/mol. The number of carbonyl (C=O) groups excluding carboxylic acids is 2. The fourth-order valence-electron chi connectivity index (χ4n) is 3.98. The molecule has 4 rings (SSSR count). The molecule has 0 bridgehead atoms. The summed E-state index contributed by atoms with van der Waals surface area (Å²) in [6.07, 6.45) is -6.36. The number of aliphatic hydroxyl groups is 4. The number of hydrogen-bond acceptors (Lipinski definition) is 8. The molecule has 2 fully saturated rings. The van der Waals surface area contributed by atoms with Crippen LogP contribution in [0, 0.1) is 0 Å². The SMILES string of the molecule is CN1C(=O)CN([C@H]2[C@H](O)[C@H](O)[C@@H](O)[C@H](O)[C@@H]2c2ccc3c(c2)OCO3)C1=O. The quantitative estimate of drug-likeness (QED) is 0.442. The number of benzene rings is 1. The van der Waals surface area contributed by atoms with Gasteiger partial charge >= 0.3 is 6.03 Å². The molecule has 146 valence electrons. The average Bonchev–Trinajstić information content (AvgIpc) is 3.22. The standard InChI is InChI=1S/C17H20N2O8/c1-18-10(20)5-19(17(18)25)12-11(13(21)15(23)16(24)14(12)22)7-2-3-8-9(4-7)27-6-26-8/h2-4,11-16,21-24H,5-6H2,1H3/t11-,12-,13-,14+,15+,16+/m1/s1. The Labute approximate surface area is 154 Å². The zero-order valence-corrected chi connectivity index (χ0v) is 14.4. The number of nitrogens with zero attached hydrogens (tertiary/aromatic N) is 2. The van der Waals surface area contributed by atoms with Gasteiger partial charge in [0.15, 0.2) is 11.5 Å². The van der Waals surface area contributed by atoms with Crippen molar-refractivity contribution >= 4 is 11.9 Å². The van der Waals surface area contributed by atoms with Gasteiger partial charge in [0.2, 0.25) is 12.7 Å². The normalized spacial score (nSPS) is 35.9. The van der Waals surface area contributed by atoms with Gasteiger partial charge in [0.25, 0.3) is 0 Å². The van der Waals surface area contributed by atoms with Gasteiger partial charge in [-0.1, -0.05) is 6.07 Å². The van der Waals surface area contributed by atoms with Crippen LogP contribution in [0.4, 0.5) is 4.79 Å². The minimum Gasteiger partial charge on any atom is -0.454 e. The van der Waals surface area contributed by atoms with Crippen molar-refractivity contribution in [2.24, 2.45) is 0 Å². The van der Waals surface area contributed by atoms with Crippen LogP contribution in [-0.4, -0.2) is 93.0 Å². The van der Waals surface area contributed by atoms with Gasteiger partial charge in [0.1, 0.15) is 24.9 Å². The predicted octanol–water partition coefficient (Wildman–Crippen LogP) is -1.78. The predicted molar refractivity (Wildman–Crippen MR) is 88.0 cm³/mol. The van der Waals surface area contributed by atoms with Crippen LogP contribution in [0.25, 0.3) is 0 Å². The fraction of sp³-hybridized carbons (Fsp3) is 0.529. The molecule has 2 heterocycles. The summed E-state index contributed by atoms with van der Waals surface area (Å²) >= 11 is 0. The first-order chi connectivity index (χ1) is 12.8.